The van der Waals surface area contributed by atoms with Gasteiger partial charge in [-0.3, -0.25) is 9.59 Å². The van der Waals surface area contributed by atoms with E-state index in [2.05, 4.69) is 17.3 Å². The summed E-state index contributed by atoms with van der Waals surface area (Å²) in [6, 6.07) is 0.270. The summed E-state index contributed by atoms with van der Waals surface area (Å²) >= 11 is 0. The Morgan fingerprint density at radius 1 is 1.20 bits per heavy atom. The lowest BCUT2D eigenvalue weighted by molar-refractivity contribution is -0.142. The van der Waals surface area contributed by atoms with E-state index in [1.54, 1.807) is 0 Å². The van der Waals surface area contributed by atoms with Gasteiger partial charge in [0.2, 0.25) is 11.8 Å². The van der Waals surface area contributed by atoms with Crippen LogP contribution in [0.3, 0.4) is 0 Å². The molecule has 0 radical (unpaired) electrons. The quantitative estimate of drug-likeness (QED) is 0.805. The summed E-state index contributed by atoms with van der Waals surface area (Å²) in [5.74, 6) is 0.506. The molecule has 0 bridgehead atoms. The van der Waals surface area contributed by atoms with Crippen molar-refractivity contribution >= 4 is 11.8 Å². The molecule has 3 aliphatic rings. The van der Waals surface area contributed by atoms with Crippen LogP contribution in [0.2, 0.25) is 0 Å². The SMILES string of the molecule is CN1CCCC(N2CCC(=O)NC(C)(C3CC3)C2=O)C1. The van der Waals surface area contributed by atoms with E-state index in [1.807, 2.05) is 11.8 Å². The van der Waals surface area contributed by atoms with Gasteiger partial charge in [0.25, 0.3) is 0 Å². The lowest BCUT2D eigenvalue weighted by Gasteiger charge is -2.40. The van der Waals surface area contributed by atoms with Gasteiger partial charge in [-0.15, -0.1) is 0 Å². The van der Waals surface area contributed by atoms with Crippen molar-refractivity contribution in [1.82, 2.24) is 15.1 Å². The summed E-state index contributed by atoms with van der Waals surface area (Å²) in [5.41, 5.74) is -0.663. The maximum Gasteiger partial charge on any atom is 0.248 e. The van der Waals surface area contributed by atoms with Gasteiger partial charge in [0.05, 0.1) is 0 Å². The van der Waals surface area contributed by atoms with Crippen LogP contribution in [0, 0.1) is 5.92 Å². The molecule has 1 aliphatic carbocycles. The molecule has 2 amide bonds. The minimum Gasteiger partial charge on any atom is -0.342 e. The molecule has 0 aromatic heterocycles. The minimum absolute atomic E-state index is 0.0272. The number of hydrogen-bond donors (Lipinski definition) is 1. The zero-order valence-electron chi connectivity index (χ0n) is 12.5. The Balaban J connectivity index is 1.82. The molecule has 1 saturated carbocycles. The second kappa shape index (κ2) is 5.02. The molecule has 20 heavy (non-hydrogen) atoms. The van der Waals surface area contributed by atoms with Crippen molar-refractivity contribution in [2.24, 2.45) is 5.92 Å². The summed E-state index contributed by atoms with van der Waals surface area (Å²) in [5, 5.41) is 3.00. The first-order chi connectivity index (χ1) is 9.50. The molecule has 2 unspecified atom stereocenters. The number of likely N-dealkylation sites (N-methyl/N-ethyl adjacent to an activating group) is 1. The van der Waals surface area contributed by atoms with Gasteiger partial charge in [0, 0.05) is 25.6 Å². The van der Waals surface area contributed by atoms with Crippen LogP contribution in [-0.4, -0.2) is 59.9 Å². The van der Waals surface area contributed by atoms with E-state index in [0.717, 1.165) is 38.8 Å². The van der Waals surface area contributed by atoms with E-state index >= 15 is 0 Å². The Bertz CT molecular complexity index is 421. The van der Waals surface area contributed by atoms with Gasteiger partial charge in [0.15, 0.2) is 0 Å². The fourth-order valence-electron chi connectivity index (χ4n) is 3.71. The lowest BCUT2D eigenvalue weighted by atomic mass is 9.92. The smallest absolute Gasteiger partial charge is 0.248 e. The van der Waals surface area contributed by atoms with Crippen molar-refractivity contribution in [3.8, 4) is 0 Å². The molecule has 2 aliphatic heterocycles. The first-order valence-electron chi connectivity index (χ1n) is 7.81. The zero-order valence-corrected chi connectivity index (χ0v) is 12.5. The van der Waals surface area contributed by atoms with Crippen LogP contribution in [0.25, 0.3) is 0 Å². The molecule has 2 atom stereocenters. The van der Waals surface area contributed by atoms with Crippen molar-refractivity contribution in [1.29, 1.82) is 0 Å². The van der Waals surface area contributed by atoms with Gasteiger partial charge in [-0.1, -0.05) is 0 Å². The van der Waals surface area contributed by atoms with Crippen LogP contribution >= 0.6 is 0 Å². The standard InChI is InChI=1S/C15H25N3O2/c1-15(11-5-6-11)14(20)18(9-7-13(19)16-15)12-4-3-8-17(2)10-12/h11-12H,3-10H2,1-2H3,(H,16,19). The molecule has 0 aromatic carbocycles. The Morgan fingerprint density at radius 2 is 1.95 bits per heavy atom. The zero-order chi connectivity index (χ0) is 14.3. The van der Waals surface area contributed by atoms with Crippen LogP contribution in [-0.2, 0) is 9.59 Å². The summed E-state index contributed by atoms with van der Waals surface area (Å²) < 4.78 is 0. The Labute approximate surface area is 120 Å². The third kappa shape index (κ3) is 2.43. The molecule has 2 heterocycles. The number of nitrogens with zero attached hydrogens (tertiary/aromatic N) is 2. The summed E-state index contributed by atoms with van der Waals surface area (Å²) in [6.07, 6.45) is 4.74. The van der Waals surface area contributed by atoms with E-state index < -0.39 is 5.54 Å². The number of carbonyl (C=O) groups is 2. The molecule has 3 rings (SSSR count). The second-order valence-corrected chi connectivity index (χ2v) is 6.83. The van der Waals surface area contributed by atoms with Crippen molar-refractivity contribution < 1.29 is 9.59 Å². The molecule has 5 nitrogen and oxygen atoms in total. The van der Waals surface area contributed by atoms with Gasteiger partial charge in [-0.25, -0.2) is 0 Å². The maximum atomic E-state index is 13.0. The molecule has 2 saturated heterocycles. The monoisotopic (exact) mass is 279 g/mol. The number of carbonyl (C=O) groups excluding carboxylic acids is 2. The highest BCUT2D eigenvalue weighted by atomic mass is 16.2. The molecule has 5 heteroatoms. The fraction of sp³-hybridized carbons (Fsp3) is 0.867. The predicted molar refractivity (Wildman–Crippen MR) is 76.1 cm³/mol. The van der Waals surface area contributed by atoms with Crippen LogP contribution in [0.4, 0.5) is 0 Å². The molecule has 0 aromatic rings. The second-order valence-electron chi connectivity index (χ2n) is 6.83. The molecular weight excluding hydrogens is 254 g/mol. The van der Waals surface area contributed by atoms with Gasteiger partial charge in [-0.2, -0.15) is 0 Å². The number of piperidine rings is 1. The van der Waals surface area contributed by atoms with E-state index in [4.69, 9.17) is 0 Å². The third-order valence-corrected chi connectivity index (χ3v) is 5.12. The largest absolute Gasteiger partial charge is 0.342 e. The van der Waals surface area contributed by atoms with E-state index in [1.165, 1.54) is 0 Å². The van der Waals surface area contributed by atoms with Crippen molar-refractivity contribution in [3.63, 3.8) is 0 Å². The molecule has 112 valence electrons. The van der Waals surface area contributed by atoms with E-state index in [-0.39, 0.29) is 17.9 Å². The van der Waals surface area contributed by atoms with Crippen LogP contribution in [0.1, 0.15) is 39.0 Å². The van der Waals surface area contributed by atoms with Crippen LogP contribution in [0.5, 0.6) is 0 Å². The Morgan fingerprint density at radius 3 is 2.60 bits per heavy atom. The van der Waals surface area contributed by atoms with Gasteiger partial charge < -0.3 is 15.1 Å². The summed E-state index contributed by atoms with van der Waals surface area (Å²) in [6.45, 7) is 4.54. The highest BCUT2D eigenvalue weighted by molar-refractivity contribution is 5.94. The first kappa shape index (κ1) is 13.9. The van der Waals surface area contributed by atoms with Crippen LogP contribution < -0.4 is 5.32 Å². The average molecular weight is 279 g/mol. The number of nitrogens with one attached hydrogen (secondary N) is 1. The van der Waals surface area contributed by atoms with Gasteiger partial charge >= 0.3 is 0 Å². The summed E-state index contributed by atoms with van der Waals surface area (Å²) in [7, 11) is 2.11. The highest BCUT2D eigenvalue weighted by Crippen LogP contribution is 2.41. The molecule has 1 N–H and O–H groups in total. The molecular formula is C15H25N3O2. The number of likely N-dealkylation sites (tertiary alicyclic amines) is 1. The highest BCUT2D eigenvalue weighted by Gasteiger charge is 2.52. The average Bonchev–Trinajstić information content (AvgIpc) is 3.22. The Kier molecular flexibility index (Phi) is 3.48. The lowest BCUT2D eigenvalue weighted by Crippen LogP contribution is -2.60. The summed E-state index contributed by atoms with van der Waals surface area (Å²) in [4.78, 5) is 29.2. The van der Waals surface area contributed by atoms with Crippen molar-refractivity contribution in [2.75, 3.05) is 26.7 Å². The topological polar surface area (TPSA) is 52.6 Å². The molecule has 3 fully saturated rings. The predicted octanol–water partition coefficient (Wildman–Crippen LogP) is 0.598. The first-order valence-corrected chi connectivity index (χ1v) is 7.81. The number of hydrogen-bond acceptors (Lipinski definition) is 3. The van der Waals surface area contributed by atoms with Crippen LogP contribution in [0.15, 0.2) is 0 Å². The van der Waals surface area contributed by atoms with E-state index in [9.17, 15) is 9.59 Å². The van der Waals surface area contributed by atoms with Gasteiger partial charge in [-0.05, 0) is 52.1 Å². The fourth-order valence-corrected chi connectivity index (χ4v) is 3.71. The van der Waals surface area contributed by atoms with E-state index in [0.29, 0.717) is 18.9 Å². The van der Waals surface area contributed by atoms with Gasteiger partial charge in [0.1, 0.15) is 5.54 Å². The number of amides is 2. The molecule has 0 spiro atoms. The number of rotatable bonds is 2. The maximum absolute atomic E-state index is 13.0. The Hall–Kier alpha value is -1.10. The van der Waals surface area contributed by atoms with Crippen molar-refractivity contribution in [3.05, 3.63) is 0 Å². The minimum atomic E-state index is -0.663. The third-order valence-electron chi connectivity index (χ3n) is 5.12. The van der Waals surface area contributed by atoms with Crippen molar-refractivity contribution in [2.45, 2.75) is 50.6 Å². The normalized spacial score (nSPS) is 36.7.